The molecule has 0 radical (unpaired) electrons. The molecule has 0 spiro atoms. The van der Waals surface area contributed by atoms with Gasteiger partial charge in [0.25, 0.3) is 0 Å². The van der Waals surface area contributed by atoms with Gasteiger partial charge < -0.3 is 4.72 Å². The predicted molar refractivity (Wildman–Crippen MR) is 31.1 cm³/mol. The first-order chi connectivity index (χ1) is 2.89. The van der Waals surface area contributed by atoms with Gasteiger partial charge in [0.1, 0.15) is 0 Å². The molecule has 0 saturated carbocycles. The van der Waals surface area contributed by atoms with Crippen LogP contribution < -0.4 is 4.72 Å². The molecule has 2 nitrogen and oxygen atoms in total. The fraction of sp³-hybridized carbons (Fsp3) is 0. The van der Waals surface area contributed by atoms with Crippen molar-refractivity contribution in [1.82, 2.24) is 4.72 Å². The summed E-state index contributed by atoms with van der Waals surface area (Å²) in [5, 5.41) is 0. The van der Waals surface area contributed by atoms with Crippen LogP contribution in [0.2, 0.25) is 0 Å². The Morgan fingerprint density at radius 1 is 1.83 bits per heavy atom. The zero-order chi connectivity index (χ0) is 4.41. The summed E-state index contributed by atoms with van der Waals surface area (Å²) >= 11 is 3.98. The summed E-state index contributed by atoms with van der Waals surface area (Å²) in [6, 6.07) is 0. The lowest BCUT2D eigenvalue weighted by Crippen LogP contribution is -1.95. The number of nitrogens with zero attached hydrogens (tertiary/aromatic N) is 1. The van der Waals surface area contributed by atoms with Crippen molar-refractivity contribution in [2.45, 2.75) is 0 Å². The lowest BCUT2D eigenvalue weighted by atomic mass is 11.0. The third kappa shape index (κ3) is 0.753. The van der Waals surface area contributed by atoms with Crippen LogP contribution in [0.15, 0.2) is 16.8 Å². The van der Waals surface area contributed by atoms with Crippen LogP contribution in [0, 0.1) is 0 Å². The van der Waals surface area contributed by atoms with Gasteiger partial charge in [0.2, 0.25) is 0 Å². The monoisotopic (exact) mass is 120 g/mol. The second kappa shape index (κ2) is 1.66. The molecule has 0 saturated heterocycles. The van der Waals surface area contributed by atoms with Crippen molar-refractivity contribution in [3.05, 3.63) is 12.4 Å². The molecule has 0 aromatic rings. The summed E-state index contributed by atoms with van der Waals surface area (Å²) in [5.74, 6) is 0. The van der Waals surface area contributed by atoms with Gasteiger partial charge in [0.15, 0.2) is 0 Å². The van der Waals surface area contributed by atoms with E-state index in [9.17, 15) is 0 Å². The van der Waals surface area contributed by atoms with Crippen molar-refractivity contribution in [3.63, 3.8) is 0 Å². The Kier molecular flexibility index (Phi) is 1.16. The van der Waals surface area contributed by atoms with E-state index in [1.807, 2.05) is 0 Å². The Balaban J connectivity index is 2.61. The highest BCUT2D eigenvalue weighted by atomic mass is 33.1. The highest BCUT2D eigenvalue weighted by Crippen LogP contribution is 1.94. The minimum absolute atomic E-state index is 0.215. The Hall–Kier alpha value is 0.0400. The number of hydrogen-bond donors (Lipinski definition) is 2. The molecule has 0 aromatic carbocycles. The van der Waals surface area contributed by atoms with E-state index in [2.05, 4.69) is 20.7 Å². The van der Waals surface area contributed by atoms with E-state index in [0.29, 0.717) is 0 Å². The highest BCUT2D eigenvalue weighted by Gasteiger charge is 1.84. The maximum absolute atomic E-state index is 3.98. The summed E-state index contributed by atoms with van der Waals surface area (Å²) in [4.78, 5) is 0. The minimum atomic E-state index is -0.215. The summed E-state index contributed by atoms with van der Waals surface area (Å²) in [6.07, 6.45) is 3.48. The lowest BCUT2D eigenvalue weighted by Gasteiger charge is -1.84. The van der Waals surface area contributed by atoms with E-state index in [1.54, 1.807) is 12.4 Å². The van der Waals surface area contributed by atoms with E-state index >= 15 is 0 Å². The Morgan fingerprint density at radius 3 is 2.83 bits per heavy atom. The molecule has 0 aliphatic carbocycles. The maximum atomic E-state index is 3.98. The first-order valence-corrected chi connectivity index (χ1v) is 3.68. The predicted octanol–water partition coefficient (Wildman–Crippen LogP) is 0.622. The number of hydrogen-bond acceptors (Lipinski definition) is 2. The average molecular weight is 120 g/mol. The zero-order valence-electron chi connectivity index (χ0n) is 2.96. The van der Waals surface area contributed by atoms with Gasteiger partial charge in [0, 0.05) is 6.20 Å². The van der Waals surface area contributed by atoms with Gasteiger partial charge in [-0.25, -0.2) is 4.36 Å². The van der Waals surface area contributed by atoms with E-state index in [4.69, 9.17) is 0 Å². The normalized spacial score (nSPS) is 29.2. The molecule has 0 aromatic heterocycles. The largest absolute Gasteiger partial charge is 0.318 e. The molecule has 1 aliphatic heterocycles. The SMILES string of the molecule is SS1=NC=CN1. The lowest BCUT2D eigenvalue weighted by molar-refractivity contribution is 1.44. The fourth-order valence-electron chi connectivity index (χ4n) is 0.210. The van der Waals surface area contributed by atoms with Gasteiger partial charge in [-0.3, -0.25) is 0 Å². The number of rotatable bonds is 0. The smallest absolute Gasteiger partial charge is 0.0549 e. The molecule has 0 amide bonds. The Labute approximate surface area is 43.7 Å². The van der Waals surface area contributed by atoms with Gasteiger partial charge in [0.05, 0.1) is 16.1 Å². The quantitative estimate of drug-likeness (QED) is 0.355. The number of thiol groups is 1. The summed E-state index contributed by atoms with van der Waals surface area (Å²) in [5.41, 5.74) is 0. The highest BCUT2D eigenvalue weighted by molar-refractivity contribution is 8.60. The van der Waals surface area contributed by atoms with Crippen LogP contribution in [0.5, 0.6) is 0 Å². The molecule has 1 aliphatic rings. The molecule has 34 valence electrons. The van der Waals surface area contributed by atoms with Crippen LogP contribution >= 0.6 is 11.7 Å². The van der Waals surface area contributed by atoms with Crippen molar-refractivity contribution in [1.29, 1.82) is 0 Å². The summed E-state index contributed by atoms with van der Waals surface area (Å²) in [6.45, 7) is 0. The third-order valence-corrected chi connectivity index (χ3v) is 1.68. The molecule has 1 atom stereocenters. The van der Waals surface area contributed by atoms with Crippen LogP contribution in [0.25, 0.3) is 0 Å². The van der Waals surface area contributed by atoms with Gasteiger partial charge in [-0.05, 0) is 0 Å². The van der Waals surface area contributed by atoms with Crippen LogP contribution in [0.1, 0.15) is 0 Å². The van der Waals surface area contributed by atoms with E-state index in [1.165, 1.54) is 0 Å². The molecule has 6 heavy (non-hydrogen) atoms. The Bertz CT molecular complexity index is 106. The van der Waals surface area contributed by atoms with Crippen molar-refractivity contribution in [2.24, 2.45) is 4.36 Å². The maximum Gasteiger partial charge on any atom is 0.0549 e. The molecule has 0 bridgehead atoms. The summed E-state index contributed by atoms with van der Waals surface area (Å²) < 4.78 is 6.70. The fourth-order valence-corrected chi connectivity index (χ4v) is 0.975. The van der Waals surface area contributed by atoms with Crippen molar-refractivity contribution in [3.8, 4) is 0 Å². The molecule has 1 N–H and O–H groups in total. The van der Waals surface area contributed by atoms with Gasteiger partial charge in [-0.2, -0.15) is 0 Å². The van der Waals surface area contributed by atoms with Gasteiger partial charge in [-0.1, -0.05) is 11.7 Å². The molecule has 0 fully saturated rings. The molecular formula is C2H4N2S2. The topological polar surface area (TPSA) is 24.4 Å². The standard InChI is InChI=1S/C2H4N2S2/c5-6-3-1-2-4-6/h1-2H,(H2,3,4,5). The van der Waals surface area contributed by atoms with Gasteiger partial charge in [-0.15, -0.1) is 0 Å². The Morgan fingerprint density at radius 2 is 2.67 bits per heavy atom. The van der Waals surface area contributed by atoms with Crippen LogP contribution in [-0.4, -0.2) is 0 Å². The first-order valence-electron chi connectivity index (χ1n) is 1.45. The van der Waals surface area contributed by atoms with E-state index in [-0.39, 0.29) is 9.91 Å². The molecule has 1 rings (SSSR count). The van der Waals surface area contributed by atoms with Crippen molar-refractivity contribution >= 4 is 21.6 Å². The minimum Gasteiger partial charge on any atom is -0.318 e. The van der Waals surface area contributed by atoms with Crippen LogP contribution in [0.3, 0.4) is 0 Å². The van der Waals surface area contributed by atoms with Crippen LogP contribution in [0.4, 0.5) is 0 Å². The molecule has 1 unspecified atom stereocenters. The average Bonchev–Trinajstić information content (AvgIpc) is 1.86. The van der Waals surface area contributed by atoms with E-state index in [0.717, 1.165) is 0 Å². The molecule has 1 heterocycles. The van der Waals surface area contributed by atoms with Crippen molar-refractivity contribution < 1.29 is 0 Å². The van der Waals surface area contributed by atoms with Gasteiger partial charge >= 0.3 is 0 Å². The summed E-state index contributed by atoms with van der Waals surface area (Å²) in [7, 11) is -0.215. The second-order valence-corrected chi connectivity index (χ2v) is 2.82. The van der Waals surface area contributed by atoms with Crippen molar-refractivity contribution in [2.75, 3.05) is 0 Å². The molecular weight excluding hydrogens is 116 g/mol. The third-order valence-electron chi connectivity index (χ3n) is 0.409. The van der Waals surface area contributed by atoms with E-state index < -0.39 is 0 Å². The second-order valence-electron chi connectivity index (χ2n) is 0.803. The molecule has 4 heteroatoms. The zero-order valence-corrected chi connectivity index (χ0v) is 4.67. The number of nitrogens with one attached hydrogen (secondary N) is 1. The van der Waals surface area contributed by atoms with Crippen LogP contribution in [-0.2, 0) is 9.91 Å². The first kappa shape index (κ1) is 4.21.